The van der Waals surface area contributed by atoms with Gasteiger partial charge in [0, 0.05) is 33.1 Å². The molecule has 0 N–H and O–H groups in total. The molecule has 0 fully saturated rings. The summed E-state index contributed by atoms with van der Waals surface area (Å²) in [6.07, 6.45) is 3.00. The van der Waals surface area contributed by atoms with Crippen molar-refractivity contribution in [3.8, 4) is 0 Å². The smallest absolute Gasteiger partial charge is 0.262 e. The number of hydrazone groups is 1. The maximum atomic E-state index is 12.9. The molecule has 2 heterocycles. The molecule has 0 saturated carbocycles. The van der Waals surface area contributed by atoms with Gasteiger partial charge >= 0.3 is 0 Å². The Labute approximate surface area is 153 Å². The summed E-state index contributed by atoms with van der Waals surface area (Å²) in [7, 11) is 3.62. The lowest BCUT2D eigenvalue weighted by atomic mass is 10.0. The molecule has 6 nitrogen and oxygen atoms in total. The third-order valence-electron chi connectivity index (χ3n) is 4.69. The van der Waals surface area contributed by atoms with E-state index in [0.29, 0.717) is 12.8 Å². The number of carbonyl (C=O) groups is 2. The van der Waals surface area contributed by atoms with Crippen molar-refractivity contribution in [2.45, 2.75) is 25.8 Å². The first-order valence-electron chi connectivity index (χ1n) is 8.81. The van der Waals surface area contributed by atoms with E-state index < -0.39 is 0 Å². The number of amides is 2. The molecule has 2 amide bonds. The highest BCUT2D eigenvalue weighted by atomic mass is 16.2. The zero-order chi connectivity index (χ0) is 18.7. The monoisotopic (exact) mass is 352 g/mol. The fourth-order valence-electron chi connectivity index (χ4n) is 3.22. The van der Waals surface area contributed by atoms with Crippen molar-refractivity contribution < 1.29 is 9.59 Å². The zero-order valence-electron chi connectivity index (χ0n) is 15.4. The van der Waals surface area contributed by atoms with Crippen LogP contribution in [-0.2, 0) is 16.6 Å². The van der Waals surface area contributed by atoms with E-state index in [-0.39, 0.29) is 24.4 Å². The summed E-state index contributed by atoms with van der Waals surface area (Å²) in [5, 5.41) is 6.17. The Kier molecular flexibility index (Phi) is 5.21. The fraction of sp³-hybridized carbons (Fsp3) is 0.350. The van der Waals surface area contributed by atoms with Crippen molar-refractivity contribution >= 4 is 17.5 Å². The van der Waals surface area contributed by atoms with Crippen LogP contribution in [0, 0.1) is 0 Å². The normalized spacial score (nSPS) is 16.5. The molecule has 1 aliphatic heterocycles. The minimum Gasteiger partial charge on any atom is -0.350 e. The summed E-state index contributed by atoms with van der Waals surface area (Å²) in [6.45, 7) is 1.82. The highest BCUT2D eigenvalue weighted by Gasteiger charge is 2.34. The maximum Gasteiger partial charge on any atom is 0.262 e. The molecule has 0 bridgehead atoms. The van der Waals surface area contributed by atoms with Gasteiger partial charge in [-0.25, -0.2) is 5.01 Å². The lowest BCUT2D eigenvalue weighted by Crippen LogP contribution is -2.38. The summed E-state index contributed by atoms with van der Waals surface area (Å²) >= 11 is 0. The van der Waals surface area contributed by atoms with Gasteiger partial charge in [-0.15, -0.1) is 0 Å². The first kappa shape index (κ1) is 17.9. The van der Waals surface area contributed by atoms with Crippen LogP contribution in [0.2, 0.25) is 0 Å². The Balaban J connectivity index is 1.89. The molecule has 0 saturated heterocycles. The minimum absolute atomic E-state index is 0.0277. The van der Waals surface area contributed by atoms with Gasteiger partial charge in [0.05, 0.1) is 17.4 Å². The van der Waals surface area contributed by atoms with Crippen LogP contribution in [-0.4, -0.2) is 45.6 Å². The zero-order valence-corrected chi connectivity index (χ0v) is 15.4. The Bertz CT molecular complexity index is 825. The third kappa shape index (κ3) is 3.54. The van der Waals surface area contributed by atoms with Gasteiger partial charge in [0.2, 0.25) is 5.91 Å². The van der Waals surface area contributed by atoms with E-state index in [1.54, 1.807) is 14.0 Å². The molecule has 1 unspecified atom stereocenters. The predicted molar refractivity (Wildman–Crippen MR) is 101 cm³/mol. The van der Waals surface area contributed by atoms with E-state index >= 15 is 0 Å². The van der Waals surface area contributed by atoms with Crippen LogP contribution in [0.5, 0.6) is 0 Å². The number of rotatable bonds is 5. The standard InChI is InChI=1S/C20H24N4O2/c1-4-19(25)23(3)14-20(26)24-18(15-9-6-5-7-10-15)13-16(21-24)17-11-8-12-22(17)2/h5-12,18H,4,13-14H2,1-3H3. The van der Waals surface area contributed by atoms with Crippen molar-refractivity contribution in [3.63, 3.8) is 0 Å². The summed E-state index contributed by atoms with van der Waals surface area (Å²) in [6, 6.07) is 13.7. The number of likely N-dealkylation sites (N-methyl/N-ethyl adjacent to an activating group) is 1. The number of hydrogen-bond donors (Lipinski definition) is 0. The lowest BCUT2D eigenvalue weighted by Gasteiger charge is -2.24. The molecule has 1 aromatic heterocycles. The van der Waals surface area contributed by atoms with Crippen LogP contribution < -0.4 is 0 Å². The van der Waals surface area contributed by atoms with Crippen LogP contribution in [0.4, 0.5) is 0 Å². The van der Waals surface area contributed by atoms with Crippen LogP contribution in [0.25, 0.3) is 0 Å². The van der Waals surface area contributed by atoms with Gasteiger partial charge in [-0.1, -0.05) is 37.3 Å². The predicted octanol–water partition coefficient (Wildman–Crippen LogP) is 2.57. The molecule has 2 aromatic rings. The molecule has 136 valence electrons. The molecule has 1 aliphatic rings. The third-order valence-corrected chi connectivity index (χ3v) is 4.69. The van der Waals surface area contributed by atoms with Crippen molar-refractivity contribution in [1.29, 1.82) is 0 Å². The molecular formula is C20H24N4O2. The van der Waals surface area contributed by atoms with E-state index in [1.807, 2.05) is 60.3 Å². The number of hydrogen-bond acceptors (Lipinski definition) is 3. The molecule has 0 aliphatic carbocycles. The van der Waals surface area contributed by atoms with E-state index in [0.717, 1.165) is 17.0 Å². The topological polar surface area (TPSA) is 57.9 Å². The molecule has 0 spiro atoms. The van der Waals surface area contributed by atoms with Gasteiger partial charge in [0.15, 0.2) is 0 Å². The van der Waals surface area contributed by atoms with E-state index in [9.17, 15) is 9.59 Å². The first-order valence-corrected chi connectivity index (χ1v) is 8.81. The van der Waals surface area contributed by atoms with Crippen LogP contribution in [0.3, 0.4) is 0 Å². The Morgan fingerprint density at radius 1 is 1.19 bits per heavy atom. The Morgan fingerprint density at radius 2 is 1.92 bits per heavy atom. The van der Waals surface area contributed by atoms with Gasteiger partial charge in [-0.3, -0.25) is 9.59 Å². The number of nitrogens with zero attached hydrogens (tertiary/aromatic N) is 4. The summed E-state index contributed by atoms with van der Waals surface area (Å²) in [5.74, 6) is -0.229. The van der Waals surface area contributed by atoms with Gasteiger partial charge in [0.1, 0.15) is 6.54 Å². The average molecular weight is 352 g/mol. The quantitative estimate of drug-likeness (QED) is 0.830. The summed E-state index contributed by atoms with van der Waals surface area (Å²) < 4.78 is 2.00. The second-order valence-corrected chi connectivity index (χ2v) is 6.52. The van der Waals surface area contributed by atoms with Crippen LogP contribution in [0.1, 0.15) is 37.1 Å². The summed E-state index contributed by atoms with van der Waals surface area (Å²) in [5.41, 5.74) is 2.92. The number of benzene rings is 1. The van der Waals surface area contributed by atoms with Crippen molar-refractivity contribution in [3.05, 3.63) is 59.9 Å². The lowest BCUT2D eigenvalue weighted by molar-refractivity contribution is -0.140. The molecule has 0 radical (unpaired) electrons. The van der Waals surface area contributed by atoms with E-state index in [2.05, 4.69) is 5.10 Å². The van der Waals surface area contributed by atoms with Crippen molar-refractivity contribution in [2.24, 2.45) is 12.1 Å². The highest BCUT2D eigenvalue weighted by molar-refractivity contribution is 6.02. The SMILES string of the molecule is CCC(=O)N(C)CC(=O)N1N=C(c2cccn2C)CC1c1ccccc1. The minimum atomic E-state index is -0.174. The van der Waals surface area contributed by atoms with E-state index in [4.69, 9.17) is 0 Å². The van der Waals surface area contributed by atoms with Gasteiger partial charge in [-0.05, 0) is 17.7 Å². The molecule has 6 heteroatoms. The van der Waals surface area contributed by atoms with Gasteiger partial charge < -0.3 is 9.47 Å². The average Bonchev–Trinajstić information content (AvgIpc) is 3.27. The Hall–Kier alpha value is -2.89. The highest BCUT2D eigenvalue weighted by Crippen LogP contribution is 2.32. The molecule has 1 aromatic carbocycles. The van der Waals surface area contributed by atoms with Crippen LogP contribution in [0.15, 0.2) is 53.8 Å². The van der Waals surface area contributed by atoms with Crippen molar-refractivity contribution in [1.82, 2.24) is 14.5 Å². The molecule has 3 rings (SSSR count). The first-order chi connectivity index (χ1) is 12.5. The largest absolute Gasteiger partial charge is 0.350 e. The maximum absolute atomic E-state index is 12.9. The Morgan fingerprint density at radius 3 is 2.54 bits per heavy atom. The fourth-order valence-corrected chi connectivity index (χ4v) is 3.22. The van der Waals surface area contributed by atoms with Gasteiger partial charge in [0.25, 0.3) is 5.91 Å². The molecular weight excluding hydrogens is 328 g/mol. The van der Waals surface area contributed by atoms with Gasteiger partial charge in [-0.2, -0.15) is 5.10 Å². The molecule has 1 atom stereocenters. The number of carbonyl (C=O) groups excluding carboxylic acids is 2. The molecule has 26 heavy (non-hydrogen) atoms. The number of aromatic nitrogens is 1. The van der Waals surface area contributed by atoms with Crippen molar-refractivity contribution in [2.75, 3.05) is 13.6 Å². The van der Waals surface area contributed by atoms with Crippen LogP contribution >= 0.6 is 0 Å². The second kappa shape index (κ2) is 7.56. The summed E-state index contributed by atoms with van der Waals surface area (Å²) in [4.78, 5) is 26.2. The second-order valence-electron chi connectivity index (χ2n) is 6.52. The van der Waals surface area contributed by atoms with E-state index in [1.165, 1.54) is 9.91 Å². The number of aryl methyl sites for hydroxylation is 1.